The Morgan fingerprint density at radius 1 is 1.38 bits per heavy atom. The third-order valence-corrected chi connectivity index (χ3v) is 2.85. The molecule has 1 aromatic carbocycles. The molecule has 1 heterocycles. The van der Waals surface area contributed by atoms with E-state index in [0.717, 1.165) is 16.7 Å². The summed E-state index contributed by atoms with van der Waals surface area (Å²) in [4.78, 5) is 4.08. The number of aromatic nitrogens is 3. The summed E-state index contributed by atoms with van der Waals surface area (Å²) in [5, 5.41) is 6.61. The number of hydrogen-bond donors (Lipinski definition) is 3. The van der Waals surface area contributed by atoms with E-state index in [-0.39, 0.29) is 6.04 Å². The summed E-state index contributed by atoms with van der Waals surface area (Å²) in [7, 11) is 0. The Morgan fingerprint density at radius 3 is 2.69 bits per heavy atom. The molecule has 0 spiro atoms. The summed E-state index contributed by atoms with van der Waals surface area (Å²) < 4.78 is 1.06. The Bertz CT molecular complexity index is 425. The average Bonchev–Trinajstić information content (AvgIpc) is 2.82. The van der Waals surface area contributed by atoms with E-state index in [1.54, 1.807) is 0 Å². The van der Waals surface area contributed by atoms with Crippen molar-refractivity contribution in [3.63, 3.8) is 0 Å². The van der Waals surface area contributed by atoms with E-state index in [2.05, 4.69) is 36.5 Å². The first kappa shape index (κ1) is 11.3. The molecule has 4 N–H and O–H groups in total. The number of hydrazine groups is 1. The van der Waals surface area contributed by atoms with E-state index in [0.29, 0.717) is 0 Å². The molecule has 0 aliphatic heterocycles. The molecule has 2 rings (SSSR count). The van der Waals surface area contributed by atoms with E-state index in [9.17, 15) is 0 Å². The Labute approximate surface area is 102 Å². The maximum Gasteiger partial charge on any atom is 0.143 e. The molecule has 0 saturated heterocycles. The van der Waals surface area contributed by atoms with Gasteiger partial charge in [0.2, 0.25) is 0 Å². The highest BCUT2D eigenvalue weighted by Gasteiger charge is 2.12. The lowest BCUT2D eigenvalue weighted by molar-refractivity contribution is 0.524. The molecule has 5 nitrogen and oxygen atoms in total. The van der Waals surface area contributed by atoms with Crippen molar-refractivity contribution in [2.75, 3.05) is 0 Å². The molecule has 0 fully saturated rings. The lowest BCUT2D eigenvalue weighted by Crippen LogP contribution is -2.30. The van der Waals surface area contributed by atoms with E-state index < -0.39 is 0 Å². The predicted octanol–water partition coefficient (Wildman–Crippen LogP) is 1.31. The minimum atomic E-state index is -0.0522. The monoisotopic (exact) mass is 281 g/mol. The molecule has 0 amide bonds. The fraction of sp³-hybridized carbons (Fsp3) is 0.200. The molecule has 0 radical (unpaired) electrons. The second-order valence-electron chi connectivity index (χ2n) is 3.42. The van der Waals surface area contributed by atoms with Crippen molar-refractivity contribution in [1.29, 1.82) is 0 Å². The smallest absolute Gasteiger partial charge is 0.143 e. The molecular weight excluding hydrogens is 270 g/mol. The number of aromatic amines is 1. The second kappa shape index (κ2) is 5.20. The van der Waals surface area contributed by atoms with Gasteiger partial charge in [-0.1, -0.05) is 28.1 Å². The van der Waals surface area contributed by atoms with Crippen LogP contribution in [0.4, 0.5) is 0 Å². The highest BCUT2D eigenvalue weighted by atomic mass is 79.9. The van der Waals surface area contributed by atoms with Crippen LogP contribution in [0, 0.1) is 0 Å². The molecule has 0 bridgehead atoms. The molecule has 16 heavy (non-hydrogen) atoms. The number of nitrogens with two attached hydrogens (primary N) is 1. The fourth-order valence-corrected chi connectivity index (χ4v) is 1.74. The van der Waals surface area contributed by atoms with Gasteiger partial charge in [0.05, 0.1) is 6.04 Å². The maximum atomic E-state index is 5.49. The van der Waals surface area contributed by atoms with Gasteiger partial charge in [0.25, 0.3) is 0 Å². The van der Waals surface area contributed by atoms with Crippen LogP contribution in [-0.4, -0.2) is 15.2 Å². The first-order chi connectivity index (χ1) is 7.79. The fourth-order valence-electron chi connectivity index (χ4n) is 1.47. The normalized spacial score (nSPS) is 12.6. The van der Waals surface area contributed by atoms with Crippen molar-refractivity contribution in [1.82, 2.24) is 20.6 Å². The van der Waals surface area contributed by atoms with Gasteiger partial charge in [0, 0.05) is 4.47 Å². The number of halogens is 1. The average molecular weight is 282 g/mol. The van der Waals surface area contributed by atoms with Crippen LogP contribution in [0.5, 0.6) is 0 Å². The minimum absolute atomic E-state index is 0.0522. The zero-order chi connectivity index (χ0) is 11.4. The first-order valence-electron chi connectivity index (χ1n) is 4.85. The van der Waals surface area contributed by atoms with Crippen LogP contribution in [0.2, 0.25) is 0 Å². The summed E-state index contributed by atoms with van der Waals surface area (Å²) in [5.41, 5.74) is 3.90. The zero-order valence-corrected chi connectivity index (χ0v) is 10.1. The van der Waals surface area contributed by atoms with Crippen molar-refractivity contribution in [2.45, 2.75) is 12.5 Å². The Morgan fingerprint density at radius 2 is 2.12 bits per heavy atom. The molecule has 0 saturated carbocycles. The van der Waals surface area contributed by atoms with Crippen LogP contribution in [0.25, 0.3) is 0 Å². The standard InChI is InChI=1S/C10H12BrN5/c11-8-3-1-7(2-4-8)5-9(15-12)10-13-6-14-16-10/h1-4,6,9,15H,5,12H2,(H,13,14,16). The number of benzene rings is 1. The van der Waals surface area contributed by atoms with Crippen LogP contribution in [0.1, 0.15) is 17.4 Å². The van der Waals surface area contributed by atoms with Gasteiger partial charge in [-0.15, -0.1) is 0 Å². The minimum Gasteiger partial charge on any atom is -0.271 e. The molecular formula is C10H12BrN5. The Balaban J connectivity index is 2.10. The van der Waals surface area contributed by atoms with Crippen molar-refractivity contribution in [2.24, 2.45) is 5.84 Å². The van der Waals surface area contributed by atoms with Crippen molar-refractivity contribution < 1.29 is 0 Å². The SMILES string of the molecule is NNC(Cc1ccc(Br)cc1)c1ncn[nH]1. The second-order valence-corrected chi connectivity index (χ2v) is 4.34. The highest BCUT2D eigenvalue weighted by molar-refractivity contribution is 9.10. The Kier molecular flexibility index (Phi) is 3.66. The van der Waals surface area contributed by atoms with Crippen LogP contribution in [0.15, 0.2) is 35.1 Å². The third-order valence-electron chi connectivity index (χ3n) is 2.32. The molecule has 84 valence electrons. The highest BCUT2D eigenvalue weighted by Crippen LogP contribution is 2.16. The van der Waals surface area contributed by atoms with E-state index in [1.165, 1.54) is 11.9 Å². The van der Waals surface area contributed by atoms with Gasteiger partial charge >= 0.3 is 0 Å². The van der Waals surface area contributed by atoms with Gasteiger partial charge in [0.15, 0.2) is 0 Å². The summed E-state index contributed by atoms with van der Waals surface area (Å²) in [6.07, 6.45) is 2.24. The molecule has 2 aromatic rings. The number of nitrogens with zero attached hydrogens (tertiary/aromatic N) is 2. The largest absolute Gasteiger partial charge is 0.271 e. The molecule has 1 atom stereocenters. The molecule has 1 aromatic heterocycles. The number of rotatable bonds is 4. The molecule has 6 heteroatoms. The van der Waals surface area contributed by atoms with Gasteiger partial charge in [-0.25, -0.2) is 10.4 Å². The van der Waals surface area contributed by atoms with Gasteiger partial charge in [0.1, 0.15) is 12.2 Å². The van der Waals surface area contributed by atoms with Crippen LogP contribution in [0.3, 0.4) is 0 Å². The quantitative estimate of drug-likeness (QED) is 0.583. The van der Waals surface area contributed by atoms with Crippen LogP contribution in [-0.2, 0) is 6.42 Å². The predicted molar refractivity (Wildman–Crippen MR) is 64.3 cm³/mol. The van der Waals surface area contributed by atoms with E-state index in [4.69, 9.17) is 5.84 Å². The van der Waals surface area contributed by atoms with E-state index in [1.807, 2.05) is 24.3 Å². The number of hydrogen-bond acceptors (Lipinski definition) is 4. The zero-order valence-electron chi connectivity index (χ0n) is 8.52. The summed E-state index contributed by atoms with van der Waals surface area (Å²) in [6, 6.07) is 8.05. The first-order valence-corrected chi connectivity index (χ1v) is 5.64. The maximum absolute atomic E-state index is 5.49. The topological polar surface area (TPSA) is 79.6 Å². The van der Waals surface area contributed by atoms with Crippen molar-refractivity contribution in [3.8, 4) is 0 Å². The summed E-state index contributed by atoms with van der Waals surface area (Å²) in [6.45, 7) is 0. The Hall–Kier alpha value is -1.24. The van der Waals surface area contributed by atoms with Crippen molar-refractivity contribution in [3.05, 3.63) is 46.5 Å². The number of H-pyrrole nitrogens is 1. The van der Waals surface area contributed by atoms with Crippen LogP contribution < -0.4 is 11.3 Å². The molecule has 0 aliphatic rings. The lowest BCUT2D eigenvalue weighted by atomic mass is 10.1. The summed E-state index contributed by atoms with van der Waals surface area (Å²) >= 11 is 3.40. The third kappa shape index (κ3) is 2.66. The van der Waals surface area contributed by atoms with Gasteiger partial charge in [-0.2, -0.15) is 5.10 Å². The summed E-state index contributed by atoms with van der Waals surface area (Å²) in [5.74, 6) is 6.24. The molecule has 1 unspecified atom stereocenters. The number of nitrogens with one attached hydrogen (secondary N) is 2. The molecule has 0 aliphatic carbocycles. The lowest BCUT2D eigenvalue weighted by Gasteiger charge is -2.12. The van der Waals surface area contributed by atoms with E-state index >= 15 is 0 Å². The van der Waals surface area contributed by atoms with Crippen LogP contribution >= 0.6 is 15.9 Å². The van der Waals surface area contributed by atoms with Gasteiger partial charge in [-0.3, -0.25) is 10.9 Å². The van der Waals surface area contributed by atoms with Gasteiger partial charge in [-0.05, 0) is 24.1 Å². The van der Waals surface area contributed by atoms with Gasteiger partial charge < -0.3 is 0 Å². The van der Waals surface area contributed by atoms with Crippen molar-refractivity contribution >= 4 is 15.9 Å².